The second-order valence-electron chi connectivity index (χ2n) is 5.78. The number of rotatable bonds is 4. The first-order valence-electron chi connectivity index (χ1n) is 7.46. The van der Waals surface area contributed by atoms with Gasteiger partial charge in [0, 0.05) is 0 Å². The minimum Gasteiger partial charge on any atom is -0.491 e. The normalized spacial score (nSPS) is 17.0. The Morgan fingerprint density at radius 3 is 2.81 bits per heavy atom. The number of hydrogen-bond acceptors (Lipinski definition) is 5. The Bertz CT molecular complexity index is 631. The molecule has 1 heterocycles. The van der Waals surface area contributed by atoms with Crippen LogP contribution < -0.4 is 10.5 Å². The lowest BCUT2D eigenvalue weighted by molar-refractivity contribution is 0.291. The minimum absolute atomic E-state index is 0.0209. The van der Waals surface area contributed by atoms with E-state index in [0.29, 0.717) is 18.0 Å². The van der Waals surface area contributed by atoms with E-state index in [0.717, 1.165) is 24.2 Å². The molecule has 0 saturated heterocycles. The Balaban J connectivity index is 2.10. The molecule has 2 N–H and O–H groups in total. The lowest BCUT2D eigenvalue weighted by atomic mass is 10.0. The maximum atomic E-state index is 6.05. The number of nitrogens with zero attached hydrogens (tertiary/aromatic N) is 4. The molecule has 6 nitrogen and oxygen atoms in total. The summed E-state index contributed by atoms with van der Waals surface area (Å²) >= 11 is 0. The molecular weight excluding hydrogens is 266 g/mol. The highest BCUT2D eigenvalue weighted by molar-refractivity contribution is 5.73. The smallest absolute Gasteiger partial charge is 0.186 e. The van der Waals surface area contributed by atoms with Crippen molar-refractivity contribution in [3.63, 3.8) is 0 Å². The summed E-state index contributed by atoms with van der Waals surface area (Å²) < 4.78 is 7.65. The van der Waals surface area contributed by atoms with Crippen molar-refractivity contribution in [3.05, 3.63) is 18.2 Å². The van der Waals surface area contributed by atoms with E-state index in [-0.39, 0.29) is 5.54 Å². The zero-order valence-electron chi connectivity index (χ0n) is 12.5. The Morgan fingerprint density at radius 2 is 2.10 bits per heavy atom. The van der Waals surface area contributed by atoms with Crippen LogP contribution in [0.5, 0.6) is 5.75 Å². The van der Waals surface area contributed by atoms with E-state index in [4.69, 9.17) is 10.5 Å². The summed E-state index contributed by atoms with van der Waals surface area (Å²) in [5.74, 6) is 1.40. The van der Waals surface area contributed by atoms with Gasteiger partial charge in [-0.3, -0.25) is 0 Å². The Hall–Kier alpha value is -2.11. The monoisotopic (exact) mass is 287 g/mol. The van der Waals surface area contributed by atoms with Crippen LogP contribution in [0.2, 0.25) is 0 Å². The number of nitrogens with two attached hydrogens (primary N) is 1. The number of hydrogen-bond donors (Lipinski definition) is 1. The molecule has 0 aliphatic heterocycles. The molecule has 1 aromatic carbocycles. The molecule has 0 bridgehead atoms. The SMILES string of the molecule is CCOc1c(N)cccc1-c1nnnn1C1(C)CCCC1. The standard InChI is InChI=1S/C15H21N5O/c1-3-21-13-11(7-6-8-12(13)16)14-17-18-19-20(14)15(2)9-4-5-10-15/h6-8H,3-5,9-10,16H2,1-2H3. The van der Waals surface area contributed by atoms with Crippen LogP contribution in [0, 0.1) is 0 Å². The Morgan fingerprint density at radius 1 is 1.33 bits per heavy atom. The van der Waals surface area contributed by atoms with E-state index in [1.807, 2.05) is 29.8 Å². The van der Waals surface area contributed by atoms with Crippen LogP contribution in [-0.4, -0.2) is 26.8 Å². The number of benzene rings is 1. The average Bonchev–Trinajstić information content (AvgIpc) is 3.11. The summed E-state index contributed by atoms with van der Waals surface area (Å²) in [6.45, 7) is 4.71. The molecule has 0 spiro atoms. The van der Waals surface area contributed by atoms with Crippen LogP contribution in [0.15, 0.2) is 18.2 Å². The van der Waals surface area contributed by atoms with Crippen LogP contribution in [0.3, 0.4) is 0 Å². The summed E-state index contributed by atoms with van der Waals surface area (Å²) in [7, 11) is 0. The second-order valence-corrected chi connectivity index (χ2v) is 5.78. The summed E-state index contributed by atoms with van der Waals surface area (Å²) in [5, 5.41) is 12.3. The van der Waals surface area contributed by atoms with Crippen molar-refractivity contribution < 1.29 is 4.74 Å². The molecule has 3 rings (SSSR count). The molecule has 1 aliphatic carbocycles. The van der Waals surface area contributed by atoms with Crippen LogP contribution in [0.1, 0.15) is 39.5 Å². The highest BCUT2D eigenvalue weighted by atomic mass is 16.5. The van der Waals surface area contributed by atoms with Crippen molar-refractivity contribution in [2.75, 3.05) is 12.3 Å². The summed E-state index contributed by atoms with van der Waals surface area (Å²) in [5.41, 5.74) is 7.49. The van der Waals surface area contributed by atoms with E-state index in [9.17, 15) is 0 Å². The van der Waals surface area contributed by atoms with Crippen molar-refractivity contribution in [3.8, 4) is 17.1 Å². The molecule has 0 atom stereocenters. The maximum absolute atomic E-state index is 6.05. The summed E-state index contributed by atoms with van der Waals surface area (Å²) in [6, 6.07) is 5.70. The quantitative estimate of drug-likeness (QED) is 0.874. The third-order valence-corrected chi connectivity index (χ3v) is 4.24. The van der Waals surface area contributed by atoms with Crippen LogP contribution in [-0.2, 0) is 5.54 Å². The van der Waals surface area contributed by atoms with Crippen LogP contribution >= 0.6 is 0 Å². The highest BCUT2D eigenvalue weighted by Gasteiger charge is 2.35. The zero-order chi connectivity index (χ0) is 14.9. The number of anilines is 1. The largest absolute Gasteiger partial charge is 0.491 e. The first kappa shape index (κ1) is 13.9. The molecule has 1 fully saturated rings. The van der Waals surface area contributed by atoms with Crippen LogP contribution in [0.25, 0.3) is 11.4 Å². The van der Waals surface area contributed by atoms with Gasteiger partial charge in [0.05, 0.1) is 23.4 Å². The molecule has 1 saturated carbocycles. The van der Waals surface area contributed by atoms with Gasteiger partial charge >= 0.3 is 0 Å². The molecule has 1 aliphatic rings. The topological polar surface area (TPSA) is 78.8 Å². The zero-order valence-corrected chi connectivity index (χ0v) is 12.5. The van der Waals surface area contributed by atoms with Crippen molar-refractivity contribution in [1.29, 1.82) is 0 Å². The summed E-state index contributed by atoms with van der Waals surface area (Å²) in [4.78, 5) is 0. The van der Waals surface area contributed by atoms with Gasteiger partial charge in [0.25, 0.3) is 0 Å². The highest BCUT2D eigenvalue weighted by Crippen LogP contribution is 2.40. The van der Waals surface area contributed by atoms with Crippen molar-refractivity contribution in [2.24, 2.45) is 0 Å². The number of nitrogen functional groups attached to an aromatic ring is 1. The van der Waals surface area contributed by atoms with Gasteiger partial charge in [-0.15, -0.1) is 5.10 Å². The fourth-order valence-corrected chi connectivity index (χ4v) is 3.10. The lowest BCUT2D eigenvalue weighted by Crippen LogP contribution is -2.28. The Kier molecular flexibility index (Phi) is 3.53. The molecular formula is C15H21N5O. The average molecular weight is 287 g/mol. The van der Waals surface area contributed by atoms with E-state index in [2.05, 4.69) is 22.4 Å². The maximum Gasteiger partial charge on any atom is 0.186 e. The molecule has 112 valence electrons. The third-order valence-electron chi connectivity index (χ3n) is 4.24. The van der Waals surface area contributed by atoms with Gasteiger partial charge in [-0.05, 0) is 49.2 Å². The van der Waals surface area contributed by atoms with Gasteiger partial charge in [0.1, 0.15) is 0 Å². The van der Waals surface area contributed by atoms with Gasteiger partial charge in [-0.2, -0.15) is 0 Å². The fourth-order valence-electron chi connectivity index (χ4n) is 3.10. The predicted octanol–water partition coefficient (Wildman–Crippen LogP) is 2.61. The van der Waals surface area contributed by atoms with Gasteiger partial charge in [-0.25, -0.2) is 4.68 Å². The van der Waals surface area contributed by atoms with Gasteiger partial charge in [0.2, 0.25) is 0 Å². The molecule has 21 heavy (non-hydrogen) atoms. The fraction of sp³-hybridized carbons (Fsp3) is 0.533. The van der Waals surface area contributed by atoms with E-state index < -0.39 is 0 Å². The molecule has 0 radical (unpaired) electrons. The number of tetrazole rings is 1. The van der Waals surface area contributed by atoms with Crippen molar-refractivity contribution in [2.45, 2.75) is 45.1 Å². The molecule has 0 amide bonds. The number of ether oxygens (including phenoxy) is 1. The van der Waals surface area contributed by atoms with Crippen molar-refractivity contribution >= 4 is 5.69 Å². The van der Waals surface area contributed by atoms with Gasteiger partial charge in [-0.1, -0.05) is 18.9 Å². The number of para-hydroxylation sites is 1. The molecule has 1 aromatic heterocycles. The van der Waals surface area contributed by atoms with Crippen molar-refractivity contribution in [1.82, 2.24) is 20.2 Å². The lowest BCUT2D eigenvalue weighted by Gasteiger charge is -2.25. The van der Waals surface area contributed by atoms with Gasteiger partial charge < -0.3 is 10.5 Å². The minimum atomic E-state index is -0.0209. The second kappa shape index (κ2) is 5.35. The molecule has 0 unspecified atom stereocenters. The third kappa shape index (κ3) is 2.34. The molecule has 2 aromatic rings. The van der Waals surface area contributed by atoms with E-state index >= 15 is 0 Å². The van der Waals surface area contributed by atoms with E-state index in [1.54, 1.807) is 0 Å². The first-order chi connectivity index (χ1) is 10.2. The number of aromatic nitrogens is 4. The first-order valence-corrected chi connectivity index (χ1v) is 7.46. The van der Waals surface area contributed by atoms with Crippen LogP contribution in [0.4, 0.5) is 5.69 Å². The molecule has 6 heteroatoms. The predicted molar refractivity (Wildman–Crippen MR) is 81.0 cm³/mol. The Labute approximate surface area is 124 Å². The van der Waals surface area contributed by atoms with E-state index in [1.165, 1.54) is 12.8 Å². The summed E-state index contributed by atoms with van der Waals surface area (Å²) in [6.07, 6.45) is 4.62. The van der Waals surface area contributed by atoms with Gasteiger partial charge in [0.15, 0.2) is 11.6 Å².